The smallest absolute Gasteiger partial charge is 0.332 e. The van der Waals surface area contributed by atoms with E-state index >= 15 is 0 Å². The van der Waals surface area contributed by atoms with Gasteiger partial charge in [-0.05, 0) is 42.5 Å². The third kappa shape index (κ3) is 2.39. The number of rotatable bonds is 2. The average Bonchev–Trinajstić information content (AvgIpc) is 2.81. The predicted molar refractivity (Wildman–Crippen MR) is 74.8 cm³/mol. The molecule has 7 heteroatoms. The molecule has 3 aromatic rings. The lowest BCUT2D eigenvalue weighted by Gasteiger charge is -1.95. The molecule has 0 fully saturated rings. The second-order valence-corrected chi connectivity index (χ2v) is 5.99. The molecule has 0 aliphatic heterocycles. The second-order valence-electron chi connectivity index (χ2n) is 4.21. The summed E-state index contributed by atoms with van der Waals surface area (Å²) in [6.45, 7) is 0. The van der Waals surface area contributed by atoms with Crippen LogP contribution in [0, 0.1) is 0 Å². The zero-order valence-corrected chi connectivity index (χ0v) is 11.5. The van der Waals surface area contributed by atoms with E-state index in [1.807, 2.05) is 0 Å². The molecule has 0 spiro atoms. The Morgan fingerprint density at radius 2 is 1.80 bits per heavy atom. The van der Waals surface area contributed by atoms with E-state index in [9.17, 15) is 12.3 Å². The molecule has 0 amide bonds. The van der Waals surface area contributed by atoms with Gasteiger partial charge in [-0.3, -0.25) is 0 Å². The fraction of sp³-hybridized carbons (Fsp3) is 0. The van der Waals surface area contributed by atoms with Crippen LogP contribution in [0.3, 0.4) is 0 Å². The van der Waals surface area contributed by atoms with Crippen molar-refractivity contribution < 1.29 is 12.3 Å². The van der Waals surface area contributed by atoms with Gasteiger partial charge in [0.25, 0.3) is 0 Å². The highest BCUT2D eigenvalue weighted by atomic mass is 35.5. The van der Waals surface area contributed by atoms with Gasteiger partial charge in [0.15, 0.2) is 0 Å². The van der Waals surface area contributed by atoms with Crippen LogP contribution in [0.4, 0.5) is 3.89 Å². The lowest BCUT2D eigenvalue weighted by Crippen LogP contribution is -1.90. The van der Waals surface area contributed by atoms with Crippen LogP contribution >= 0.6 is 11.6 Å². The molecule has 0 atom stereocenters. The van der Waals surface area contributed by atoms with Gasteiger partial charge in [-0.25, -0.2) is 4.98 Å². The molecule has 1 aromatic heterocycles. The number of halogens is 2. The fourth-order valence-corrected chi connectivity index (χ4v) is 2.50. The Balaban J connectivity index is 2.13. The molecule has 1 N–H and O–H groups in total. The molecule has 0 aliphatic rings. The number of aromatic amines is 1. The molecule has 0 bridgehead atoms. The summed E-state index contributed by atoms with van der Waals surface area (Å²) in [5.74, 6) is 0.560. The summed E-state index contributed by atoms with van der Waals surface area (Å²) in [4.78, 5) is 6.89. The Morgan fingerprint density at radius 1 is 1.10 bits per heavy atom. The SMILES string of the molecule is O=S(=O)(F)c1ccc2nc(-c3ccc(Cl)cc3)[nH]c2c1. The molecule has 0 saturated carbocycles. The number of hydrogen-bond donors (Lipinski definition) is 1. The lowest BCUT2D eigenvalue weighted by atomic mass is 10.2. The van der Waals surface area contributed by atoms with Crippen molar-refractivity contribution in [1.82, 2.24) is 9.97 Å². The van der Waals surface area contributed by atoms with Crippen molar-refractivity contribution in [2.45, 2.75) is 4.90 Å². The van der Waals surface area contributed by atoms with Gasteiger partial charge in [-0.15, -0.1) is 3.89 Å². The molecule has 0 aliphatic carbocycles. The van der Waals surface area contributed by atoms with Crippen LogP contribution in [-0.4, -0.2) is 18.4 Å². The molecule has 102 valence electrons. The van der Waals surface area contributed by atoms with Crippen molar-refractivity contribution in [3.63, 3.8) is 0 Å². The number of aromatic nitrogens is 2. The fourth-order valence-electron chi connectivity index (χ4n) is 1.88. The van der Waals surface area contributed by atoms with Crippen LogP contribution in [0.15, 0.2) is 47.4 Å². The maximum atomic E-state index is 12.9. The summed E-state index contributed by atoms with van der Waals surface area (Å²) in [5.41, 5.74) is 1.81. The number of nitrogens with one attached hydrogen (secondary N) is 1. The minimum atomic E-state index is -4.72. The summed E-state index contributed by atoms with van der Waals surface area (Å²) in [6, 6.07) is 10.9. The van der Waals surface area contributed by atoms with Crippen molar-refractivity contribution >= 4 is 32.9 Å². The zero-order chi connectivity index (χ0) is 14.3. The third-order valence-electron chi connectivity index (χ3n) is 2.85. The van der Waals surface area contributed by atoms with Gasteiger partial charge < -0.3 is 4.98 Å². The molecule has 1 heterocycles. The number of nitrogens with zero attached hydrogens (tertiary/aromatic N) is 1. The highest BCUT2D eigenvalue weighted by Gasteiger charge is 2.14. The van der Waals surface area contributed by atoms with Crippen LogP contribution in [0.5, 0.6) is 0 Å². The van der Waals surface area contributed by atoms with E-state index in [-0.39, 0.29) is 0 Å². The highest BCUT2D eigenvalue weighted by molar-refractivity contribution is 7.86. The number of hydrogen-bond acceptors (Lipinski definition) is 3. The summed E-state index contributed by atoms with van der Waals surface area (Å²) in [5, 5.41) is 0.607. The van der Waals surface area contributed by atoms with E-state index in [2.05, 4.69) is 9.97 Å². The number of fused-ring (bicyclic) bond motifs is 1. The Hall–Kier alpha value is -1.92. The number of benzene rings is 2. The minimum Gasteiger partial charge on any atom is -0.338 e. The molecule has 20 heavy (non-hydrogen) atoms. The first kappa shape index (κ1) is 13.1. The third-order valence-corrected chi connectivity index (χ3v) is 3.92. The quantitative estimate of drug-likeness (QED) is 0.736. The maximum Gasteiger partial charge on any atom is 0.332 e. The zero-order valence-electron chi connectivity index (χ0n) is 9.97. The standard InChI is InChI=1S/C13H8ClFN2O2S/c14-9-3-1-8(2-4-9)13-16-11-6-5-10(20(15,18)19)7-12(11)17-13/h1-7H,(H,16,17). The monoisotopic (exact) mass is 310 g/mol. The van der Waals surface area contributed by atoms with Gasteiger partial charge in [0.05, 0.1) is 11.0 Å². The average molecular weight is 311 g/mol. The van der Waals surface area contributed by atoms with Gasteiger partial charge in [-0.1, -0.05) is 11.6 Å². The Morgan fingerprint density at radius 3 is 2.45 bits per heavy atom. The number of H-pyrrole nitrogens is 1. The van der Waals surface area contributed by atoms with Crippen molar-refractivity contribution in [3.05, 3.63) is 47.5 Å². The molecule has 3 rings (SSSR count). The van der Waals surface area contributed by atoms with Crippen LogP contribution in [0.2, 0.25) is 5.02 Å². The summed E-state index contributed by atoms with van der Waals surface area (Å²) in [7, 11) is -4.72. The largest absolute Gasteiger partial charge is 0.338 e. The first-order valence-electron chi connectivity index (χ1n) is 5.64. The Kier molecular flexibility index (Phi) is 2.99. The normalized spacial score (nSPS) is 11.9. The Labute approximate surface area is 119 Å². The predicted octanol–water partition coefficient (Wildman–Crippen LogP) is 3.54. The van der Waals surface area contributed by atoms with Gasteiger partial charge in [0.2, 0.25) is 0 Å². The van der Waals surface area contributed by atoms with E-state index in [0.717, 1.165) is 5.56 Å². The van der Waals surface area contributed by atoms with Gasteiger partial charge >= 0.3 is 10.2 Å². The van der Waals surface area contributed by atoms with E-state index < -0.39 is 15.1 Å². The van der Waals surface area contributed by atoms with Crippen molar-refractivity contribution in [2.75, 3.05) is 0 Å². The van der Waals surface area contributed by atoms with Crippen LogP contribution in [0.25, 0.3) is 22.4 Å². The topological polar surface area (TPSA) is 62.8 Å². The second kappa shape index (κ2) is 4.57. The van der Waals surface area contributed by atoms with E-state index in [1.54, 1.807) is 24.3 Å². The highest BCUT2D eigenvalue weighted by Crippen LogP contribution is 2.24. The number of imidazole rings is 1. The molecule has 0 saturated heterocycles. The Bertz CT molecular complexity index is 888. The van der Waals surface area contributed by atoms with E-state index in [0.29, 0.717) is 21.9 Å². The van der Waals surface area contributed by atoms with Crippen molar-refractivity contribution in [1.29, 1.82) is 0 Å². The molecular weight excluding hydrogens is 303 g/mol. The van der Waals surface area contributed by atoms with Crippen molar-refractivity contribution in [3.8, 4) is 11.4 Å². The molecule has 4 nitrogen and oxygen atoms in total. The van der Waals surface area contributed by atoms with Gasteiger partial charge in [-0.2, -0.15) is 8.42 Å². The molecular formula is C13H8ClFN2O2S. The van der Waals surface area contributed by atoms with E-state index in [1.165, 1.54) is 18.2 Å². The molecule has 0 radical (unpaired) electrons. The first-order chi connectivity index (χ1) is 9.43. The molecule has 2 aromatic carbocycles. The maximum absolute atomic E-state index is 12.9. The summed E-state index contributed by atoms with van der Waals surface area (Å²) in [6.07, 6.45) is 0. The van der Waals surface area contributed by atoms with Crippen molar-refractivity contribution in [2.24, 2.45) is 0 Å². The molecule has 0 unspecified atom stereocenters. The summed E-state index contributed by atoms with van der Waals surface area (Å²) >= 11 is 5.81. The van der Waals surface area contributed by atoms with Crippen LogP contribution < -0.4 is 0 Å². The van der Waals surface area contributed by atoms with Crippen LogP contribution in [-0.2, 0) is 10.2 Å². The minimum absolute atomic E-state index is 0.392. The van der Waals surface area contributed by atoms with Gasteiger partial charge in [0, 0.05) is 10.6 Å². The first-order valence-corrected chi connectivity index (χ1v) is 7.40. The van der Waals surface area contributed by atoms with Crippen LogP contribution in [0.1, 0.15) is 0 Å². The van der Waals surface area contributed by atoms with Gasteiger partial charge in [0.1, 0.15) is 10.7 Å². The van der Waals surface area contributed by atoms with E-state index in [4.69, 9.17) is 11.6 Å². The lowest BCUT2D eigenvalue weighted by molar-refractivity contribution is 0.552. The summed E-state index contributed by atoms with van der Waals surface area (Å²) < 4.78 is 34.7.